The average molecular weight is 206 g/mol. The van der Waals surface area contributed by atoms with Gasteiger partial charge in [-0.1, -0.05) is 0 Å². The second-order valence-corrected chi connectivity index (χ2v) is 3.21. The first-order chi connectivity index (χ1) is 7.24. The highest BCUT2D eigenvalue weighted by Gasteiger charge is 2.23. The van der Waals surface area contributed by atoms with Crippen molar-refractivity contribution >= 4 is 19.3 Å². The van der Waals surface area contributed by atoms with E-state index in [1.165, 1.54) is 0 Å². The fourth-order valence-electron chi connectivity index (χ4n) is 1.50. The number of rotatable bonds is 2. The molecule has 0 saturated carbocycles. The van der Waals surface area contributed by atoms with Crippen LogP contribution >= 0.6 is 0 Å². The zero-order chi connectivity index (χ0) is 10.8. The summed E-state index contributed by atoms with van der Waals surface area (Å²) in [6.45, 7) is 3.37. The largest absolute Gasteiger partial charge is 0.478 e. The van der Waals surface area contributed by atoms with Gasteiger partial charge in [-0.2, -0.15) is 5.10 Å². The molecule has 0 aliphatic carbocycles. The van der Waals surface area contributed by atoms with Gasteiger partial charge in [-0.15, -0.1) is 0 Å². The van der Waals surface area contributed by atoms with E-state index < -0.39 is 5.97 Å². The van der Waals surface area contributed by atoms with Crippen molar-refractivity contribution in [1.82, 2.24) is 9.78 Å². The summed E-state index contributed by atoms with van der Waals surface area (Å²) < 4.78 is 11.8. The van der Waals surface area contributed by atoms with E-state index in [-0.39, 0.29) is 11.2 Å². The monoisotopic (exact) mass is 206 g/mol. The van der Waals surface area contributed by atoms with Gasteiger partial charge in [0.25, 0.3) is 0 Å². The molecule has 1 aromatic heterocycles. The van der Waals surface area contributed by atoms with Gasteiger partial charge in [0.05, 0.1) is 13.2 Å². The minimum atomic E-state index is -0.500. The molecule has 0 fully saturated rings. The Kier molecular flexibility index (Phi) is 2.66. The predicted molar refractivity (Wildman–Crippen MR) is 53.7 cm³/mol. The summed E-state index contributed by atoms with van der Waals surface area (Å²) in [5.74, 6) is -0.0233. The molecule has 1 aliphatic heterocycles. The Morgan fingerprint density at radius 1 is 1.73 bits per heavy atom. The third kappa shape index (κ3) is 1.71. The molecule has 2 heterocycles. The lowest BCUT2D eigenvalue weighted by Crippen LogP contribution is -2.20. The van der Waals surface area contributed by atoms with E-state index in [1.807, 2.05) is 0 Å². The van der Waals surface area contributed by atoms with Crippen LogP contribution in [0.1, 0.15) is 23.8 Å². The average Bonchev–Trinajstić information content (AvgIpc) is 2.57. The van der Waals surface area contributed by atoms with Crippen molar-refractivity contribution in [3.8, 4) is 5.88 Å². The van der Waals surface area contributed by atoms with Gasteiger partial charge < -0.3 is 9.47 Å². The lowest BCUT2D eigenvalue weighted by molar-refractivity contribution is 0.0520. The summed E-state index contributed by atoms with van der Waals surface area (Å²) in [5.41, 5.74) is 0.418. The Hall–Kier alpha value is -1.46. The highest BCUT2D eigenvalue weighted by atomic mass is 16.5. The smallest absolute Gasteiger partial charge is 0.358 e. The van der Waals surface area contributed by atoms with Crippen LogP contribution in [0.25, 0.3) is 0 Å². The zero-order valence-corrected chi connectivity index (χ0v) is 8.52. The first kappa shape index (κ1) is 10.1. The van der Waals surface area contributed by atoms with E-state index in [0.717, 1.165) is 13.0 Å². The molecule has 0 aromatic carbocycles. The number of nitrogens with zero attached hydrogens (tertiary/aromatic N) is 2. The van der Waals surface area contributed by atoms with Gasteiger partial charge in [-0.25, -0.2) is 9.48 Å². The molecule has 5 nitrogen and oxygen atoms in total. The van der Waals surface area contributed by atoms with Gasteiger partial charge in [0.15, 0.2) is 5.69 Å². The van der Waals surface area contributed by atoms with Crippen LogP contribution in [0.4, 0.5) is 0 Å². The Morgan fingerprint density at radius 2 is 2.53 bits per heavy atom. The Balaban J connectivity index is 2.32. The Bertz CT molecular complexity index is 389. The molecule has 6 heteroatoms. The van der Waals surface area contributed by atoms with Gasteiger partial charge in [0, 0.05) is 13.0 Å². The van der Waals surface area contributed by atoms with Crippen molar-refractivity contribution < 1.29 is 14.3 Å². The van der Waals surface area contributed by atoms with E-state index in [1.54, 1.807) is 11.6 Å². The van der Waals surface area contributed by atoms with Crippen LogP contribution < -0.4 is 10.2 Å². The standard InChI is InChI=1S/C9H11BN2O3/c1-2-14-9(13)7-6(10)8-12(11-7)4-3-5-15-8/h2-5H2,1H3. The Labute approximate surface area is 88.8 Å². The van der Waals surface area contributed by atoms with Crippen LogP contribution in [0, 0.1) is 0 Å². The van der Waals surface area contributed by atoms with Crippen LogP contribution in [0.2, 0.25) is 0 Å². The first-order valence-electron chi connectivity index (χ1n) is 4.90. The van der Waals surface area contributed by atoms with Crippen molar-refractivity contribution in [2.45, 2.75) is 19.9 Å². The van der Waals surface area contributed by atoms with Crippen molar-refractivity contribution in [3.63, 3.8) is 0 Å². The lowest BCUT2D eigenvalue weighted by atomic mass is 9.96. The second-order valence-electron chi connectivity index (χ2n) is 3.21. The van der Waals surface area contributed by atoms with Gasteiger partial charge in [-0.3, -0.25) is 0 Å². The maximum absolute atomic E-state index is 11.4. The van der Waals surface area contributed by atoms with Crippen LogP contribution in [-0.4, -0.2) is 36.8 Å². The number of fused-ring (bicyclic) bond motifs is 1. The number of ether oxygens (including phenoxy) is 2. The number of hydrogen-bond donors (Lipinski definition) is 0. The molecule has 0 unspecified atom stereocenters. The maximum Gasteiger partial charge on any atom is 0.358 e. The van der Waals surface area contributed by atoms with E-state index in [0.29, 0.717) is 19.1 Å². The van der Waals surface area contributed by atoms with Crippen molar-refractivity contribution in [1.29, 1.82) is 0 Å². The molecular formula is C9H11BN2O3. The van der Waals surface area contributed by atoms with Crippen molar-refractivity contribution in [2.24, 2.45) is 0 Å². The van der Waals surface area contributed by atoms with Crippen LogP contribution in [0.3, 0.4) is 0 Å². The summed E-state index contributed by atoms with van der Waals surface area (Å²) in [6, 6.07) is 0. The van der Waals surface area contributed by atoms with E-state index in [9.17, 15) is 4.79 Å². The molecule has 0 N–H and O–H groups in total. The van der Waals surface area contributed by atoms with E-state index in [4.69, 9.17) is 17.3 Å². The summed E-state index contributed by atoms with van der Waals surface area (Å²) in [4.78, 5) is 11.4. The third-order valence-corrected chi connectivity index (χ3v) is 2.16. The fraction of sp³-hybridized carbons (Fsp3) is 0.556. The summed E-state index contributed by atoms with van der Waals surface area (Å²) in [7, 11) is 5.75. The lowest BCUT2D eigenvalue weighted by Gasteiger charge is -2.15. The second kappa shape index (κ2) is 3.96. The highest BCUT2D eigenvalue weighted by molar-refractivity contribution is 6.37. The first-order valence-corrected chi connectivity index (χ1v) is 4.90. The number of hydrogen-bond acceptors (Lipinski definition) is 4. The predicted octanol–water partition coefficient (Wildman–Crippen LogP) is -0.364. The maximum atomic E-state index is 11.4. The van der Waals surface area contributed by atoms with Crippen LogP contribution in [0.5, 0.6) is 5.88 Å². The quantitative estimate of drug-likeness (QED) is 0.489. The molecule has 2 rings (SSSR count). The molecule has 0 spiro atoms. The fourth-order valence-corrected chi connectivity index (χ4v) is 1.50. The van der Waals surface area contributed by atoms with Crippen molar-refractivity contribution in [3.05, 3.63) is 5.69 Å². The molecular weight excluding hydrogens is 195 g/mol. The van der Waals surface area contributed by atoms with Gasteiger partial charge >= 0.3 is 5.97 Å². The number of esters is 1. The SMILES string of the molecule is [B]c1c(C(=O)OCC)nn2c1OCCC2. The van der Waals surface area contributed by atoms with E-state index in [2.05, 4.69) is 5.10 Å². The zero-order valence-electron chi connectivity index (χ0n) is 8.52. The van der Waals surface area contributed by atoms with Crippen LogP contribution in [-0.2, 0) is 11.3 Å². The highest BCUT2D eigenvalue weighted by Crippen LogP contribution is 2.15. The third-order valence-electron chi connectivity index (χ3n) is 2.16. The molecule has 1 aliphatic rings. The van der Waals surface area contributed by atoms with Crippen LogP contribution in [0.15, 0.2) is 0 Å². The van der Waals surface area contributed by atoms with Crippen molar-refractivity contribution in [2.75, 3.05) is 13.2 Å². The molecule has 78 valence electrons. The number of carbonyl (C=O) groups is 1. The minimum Gasteiger partial charge on any atom is -0.478 e. The van der Waals surface area contributed by atoms with Gasteiger partial charge in [0.1, 0.15) is 7.85 Å². The molecule has 1 aromatic rings. The Morgan fingerprint density at radius 3 is 3.20 bits per heavy atom. The number of aryl methyl sites for hydroxylation is 1. The molecule has 0 saturated heterocycles. The van der Waals surface area contributed by atoms with E-state index >= 15 is 0 Å². The van der Waals surface area contributed by atoms with Gasteiger partial charge in [0.2, 0.25) is 5.88 Å². The number of carbonyl (C=O) groups excluding carboxylic acids is 1. The molecule has 2 radical (unpaired) electrons. The molecule has 0 amide bonds. The minimum absolute atomic E-state index is 0.147. The normalized spacial score (nSPS) is 14.2. The topological polar surface area (TPSA) is 53.3 Å². The molecule has 0 bridgehead atoms. The summed E-state index contributed by atoms with van der Waals surface area (Å²) >= 11 is 0. The van der Waals surface area contributed by atoms with Gasteiger partial charge in [-0.05, 0) is 12.4 Å². The molecule has 0 atom stereocenters. The summed E-state index contributed by atoms with van der Waals surface area (Å²) in [6.07, 6.45) is 0.871. The summed E-state index contributed by atoms with van der Waals surface area (Å²) in [5, 5.41) is 4.06. The number of aromatic nitrogens is 2. The molecule has 15 heavy (non-hydrogen) atoms.